The first-order chi connectivity index (χ1) is 13.5. The van der Waals surface area contributed by atoms with Crippen LogP contribution in [0.5, 0.6) is 0 Å². The standard InChI is InChI=1S/C21H37N5O2.HI/c1-15(2)26-13-16(3)18(14-26)24-21(22-5)23-12-19(20-7-6-17(4)28-20)25-8-10-27-11-9-25;/h6-7,15-16,18-19H,8-14H2,1-5H3,(H2,22,23,24);1H. The van der Waals surface area contributed by atoms with Crippen LogP contribution in [0, 0.1) is 12.8 Å². The fourth-order valence-corrected chi connectivity index (χ4v) is 4.11. The Balaban J connectivity index is 0.00000300. The molecule has 3 rings (SSSR count). The zero-order valence-corrected chi connectivity index (χ0v) is 20.8. The van der Waals surface area contributed by atoms with Crippen molar-refractivity contribution in [1.82, 2.24) is 20.4 Å². The number of hydrogen-bond donors (Lipinski definition) is 2. The quantitative estimate of drug-likeness (QED) is 0.342. The number of nitrogens with one attached hydrogen (secondary N) is 2. The molecule has 3 unspecified atom stereocenters. The lowest BCUT2D eigenvalue weighted by molar-refractivity contribution is 0.0124. The molecule has 1 aromatic rings. The Bertz CT molecular complexity index is 645. The van der Waals surface area contributed by atoms with E-state index in [1.807, 2.05) is 20.0 Å². The summed E-state index contributed by atoms with van der Waals surface area (Å²) in [7, 11) is 1.84. The van der Waals surface area contributed by atoms with Crippen LogP contribution in [-0.2, 0) is 4.74 Å². The highest BCUT2D eigenvalue weighted by Crippen LogP contribution is 2.23. The number of ether oxygens (including phenoxy) is 1. The SMILES string of the molecule is CN=C(NCC(c1ccc(C)o1)N1CCOCC1)NC1CN(C(C)C)CC1C.I. The van der Waals surface area contributed by atoms with Crippen LogP contribution in [-0.4, -0.2) is 80.8 Å². The highest BCUT2D eigenvalue weighted by Gasteiger charge is 2.32. The number of morpholine rings is 1. The first-order valence-corrected chi connectivity index (χ1v) is 10.6. The highest BCUT2D eigenvalue weighted by molar-refractivity contribution is 14.0. The van der Waals surface area contributed by atoms with Gasteiger partial charge in [-0.05, 0) is 38.8 Å². The van der Waals surface area contributed by atoms with E-state index in [9.17, 15) is 0 Å². The Labute approximate surface area is 192 Å². The van der Waals surface area contributed by atoms with E-state index < -0.39 is 0 Å². The minimum Gasteiger partial charge on any atom is -0.465 e. The van der Waals surface area contributed by atoms with Gasteiger partial charge in [0, 0.05) is 51.9 Å². The fourth-order valence-electron chi connectivity index (χ4n) is 4.11. The van der Waals surface area contributed by atoms with Crippen LogP contribution in [0.3, 0.4) is 0 Å². The van der Waals surface area contributed by atoms with Gasteiger partial charge in [0.1, 0.15) is 11.5 Å². The minimum absolute atomic E-state index is 0. The van der Waals surface area contributed by atoms with E-state index in [2.05, 4.69) is 52.3 Å². The normalized spacial score (nSPS) is 25.1. The second-order valence-electron chi connectivity index (χ2n) is 8.34. The van der Waals surface area contributed by atoms with Crippen molar-refractivity contribution in [3.63, 3.8) is 0 Å². The number of aryl methyl sites for hydroxylation is 1. The number of hydrogen-bond acceptors (Lipinski definition) is 5. The lowest BCUT2D eigenvalue weighted by Gasteiger charge is -2.34. The average Bonchev–Trinajstić information content (AvgIpc) is 3.28. The Kier molecular flexibility index (Phi) is 9.71. The van der Waals surface area contributed by atoms with Crippen molar-refractivity contribution in [2.24, 2.45) is 10.9 Å². The van der Waals surface area contributed by atoms with Crippen molar-refractivity contribution in [2.45, 2.75) is 45.8 Å². The number of likely N-dealkylation sites (tertiary alicyclic amines) is 1. The average molecular weight is 519 g/mol. The highest BCUT2D eigenvalue weighted by atomic mass is 127. The molecule has 2 fully saturated rings. The molecule has 166 valence electrons. The zero-order chi connectivity index (χ0) is 20.1. The van der Waals surface area contributed by atoms with Gasteiger partial charge >= 0.3 is 0 Å². The van der Waals surface area contributed by atoms with E-state index in [1.54, 1.807) is 0 Å². The Morgan fingerprint density at radius 2 is 1.93 bits per heavy atom. The zero-order valence-electron chi connectivity index (χ0n) is 18.5. The minimum atomic E-state index is 0. The maximum atomic E-state index is 5.97. The van der Waals surface area contributed by atoms with Crippen molar-refractivity contribution in [3.8, 4) is 0 Å². The summed E-state index contributed by atoms with van der Waals surface area (Å²) in [5.74, 6) is 3.42. The predicted molar refractivity (Wildman–Crippen MR) is 128 cm³/mol. The predicted octanol–water partition coefficient (Wildman–Crippen LogP) is 2.47. The van der Waals surface area contributed by atoms with Crippen molar-refractivity contribution >= 4 is 29.9 Å². The van der Waals surface area contributed by atoms with Gasteiger partial charge in [-0.15, -0.1) is 24.0 Å². The van der Waals surface area contributed by atoms with E-state index in [1.165, 1.54) is 0 Å². The van der Waals surface area contributed by atoms with Crippen LogP contribution in [0.25, 0.3) is 0 Å². The molecular formula is C21H38IN5O2. The van der Waals surface area contributed by atoms with E-state index in [-0.39, 0.29) is 30.0 Å². The van der Waals surface area contributed by atoms with Crippen LogP contribution in [0.1, 0.15) is 38.3 Å². The summed E-state index contributed by atoms with van der Waals surface area (Å²) in [4.78, 5) is 9.43. The molecule has 0 bridgehead atoms. The molecule has 1 aromatic heterocycles. The molecule has 29 heavy (non-hydrogen) atoms. The van der Waals surface area contributed by atoms with E-state index in [4.69, 9.17) is 9.15 Å². The summed E-state index contributed by atoms with van der Waals surface area (Å²) in [5.41, 5.74) is 0. The van der Waals surface area contributed by atoms with Gasteiger partial charge in [-0.1, -0.05) is 6.92 Å². The molecule has 0 amide bonds. The number of aliphatic imine (C=N–C) groups is 1. The van der Waals surface area contributed by atoms with Crippen LogP contribution >= 0.6 is 24.0 Å². The van der Waals surface area contributed by atoms with E-state index >= 15 is 0 Å². The first-order valence-electron chi connectivity index (χ1n) is 10.6. The Hall–Kier alpha value is -0.840. The molecule has 2 saturated heterocycles. The smallest absolute Gasteiger partial charge is 0.191 e. The lowest BCUT2D eigenvalue weighted by atomic mass is 10.1. The molecule has 8 heteroatoms. The summed E-state index contributed by atoms with van der Waals surface area (Å²) >= 11 is 0. The molecule has 0 aliphatic carbocycles. The van der Waals surface area contributed by atoms with Gasteiger partial charge in [0.15, 0.2) is 5.96 Å². The van der Waals surface area contributed by atoms with Crippen LogP contribution in [0.4, 0.5) is 0 Å². The Morgan fingerprint density at radius 1 is 1.21 bits per heavy atom. The monoisotopic (exact) mass is 519 g/mol. The Morgan fingerprint density at radius 3 is 2.48 bits per heavy atom. The number of rotatable bonds is 6. The summed E-state index contributed by atoms with van der Waals surface area (Å²) in [5, 5.41) is 7.18. The summed E-state index contributed by atoms with van der Waals surface area (Å²) in [6.07, 6.45) is 0. The third-order valence-electron chi connectivity index (χ3n) is 5.96. The number of nitrogens with zero attached hydrogens (tertiary/aromatic N) is 3. The molecule has 0 aromatic carbocycles. The topological polar surface area (TPSA) is 65.3 Å². The van der Waals surface area contributed by atoms with Gasteiger partial charge in [-0.3, -0.25) is 14.8 Å². The van der Waals surface area contributed by atoms with Gasteiger partial charge in [0.25, 0.3) is 0 Å². The molecule has 0 radical (unpaired) electrons. The maximum absolute atomic E-state index is 5.97. The van der Waals surface area contributed by atoms with Gasteiger partial charge in [-0.2, -0.15) is 0 Å². The fraction of sp³-hybridized carbons (Fsp3) is 0.762. The number of furan rings is 1. The van der Waals surface area contributed by atoms with Gasteiger partial charge in [0.05, 0.1) is 19.3 Å². The van der Waals surface area contributed by atoms with Gasteiger partial charge in [-0.25, -0.2) is 0 Å². The molecule has 2 aliphatic rings. The third kappa shape index (κ3) is 6.57. The molecule has 7 nitrogen and oxygen atoms in total. The van der Waals surface area contributed by atoms with Crippen LogP contribution in [0.15, 0.2) is 21.5 Å². The van der Waals surface area contributed by atoms with Crippen LogP contribution in [0.2, 0.25) is 0 Å². The van der Waals surface area contributed by atoms with E-state index in [0.717, 1.165) is 63.4 Å². The molecular weight excluding hydrogens is 481 g/mol. The third-order valence-corrected chi connectivity index (χ3v) is 5.96. The first kappa shape index (κ1) is 24.4. The number of halogens is 1. The largest absolute Gasteiger partial charge is 0.465 e. The molecule has 3 atom stereocenters. The van der Waals surface area contributed by atoms with Gasteiger partial charge in [0.2, 0.25) is 0 Å². The summed E-state index contributed by atoms with van der Waals surface area (Å²) in [6.45, 7) is 15.2. The van der Waals surface area contributed by atoms with Gasteiger partial charge < -0.3 is 19.8 Å². The van der Waals surface area contributed by atoms with E-state index in [0.29, 0.717) is 18.0 Å². The molecule has 0 spiro atoms. The second kappa shape index (κ2) is 11.5. The van der Waals surface area contributed by atoms with Crippen molar-refractivity contribution < 1.29 is 9.15 Å². The second-order valence-corrected chi connectivity index (χ2v) is 8.34. The molecule has 3 heterocycles. The van der Waals surface area contributed by atoms with Crippen LogP contribution < -0.4 is 10.6 Å². The van der Waals surface area contributed by atoms with Crippen molar-refractivity contribution in [1.29, 1.82) is 0 Å². The lowest BCUT2D eigenvalue weighted by Crippen LogP contribution is -2.50. The van der Waals surface area contributed by atoms with Crippen molar-refractivity contribution in [3.05, 3.63) is 23.7 Å². The molecule has 2 N–H and O–H groups in total. The number of guanidine groups is 1. The summed E-state index contributed by atoms with van der Waals surface area (Å²) in [6, 6.07) is 5.30. The van der Waals surface area contributed by atoms with Crippen molar-refractivity contribution in [2.75, 3.05) is 53.0 Å². The summed E-state index contributed by atoms with van der Waals surface area (Å²) < 4.78 is 11.5. The maximum Gasteiger partial charge on any atom is 0.191 e. The molecule has 0 saturated carbocycles. The molecule has 2 aliphatic heterocycles.